The second kappa shape index (κ2) is 4.42. The maximum atomic E-state index is 10.7. The molecule has 72 valence electrons. The Bertz CT molecular complexity index is 153. The van der Waals surface area contributed by atoms with Crippen molar-refractivity contribution in [2.75, 3.05) is 6.61 Å². The SMILES string of the molecule is CCC(C(=O)O)C(C)(C)COO. The minimum Gasteiger partial charge on any atom is -0.481 e. The van der Waals surface area contributed by atoms with E-state index in [0.29, 0.717) is 6.42 Å². The van der Waals surface area contributed by atoms with Crippen LogP contribution in [0.5, 0.6) is 0 Å². The average molecular weight is 176 g/mol. The molecule has 0 aliphatic heterocycles. The molecule has 0 radical (unpaired) electrons. The molecule has 0 amide bonds. The van der Waals surface area contributed by atoms with Gasteiger partial charge in [-0.3, -0.25) is 10.1 Å². The number of carboxylic acid groups (broad SMARTS) is 1. The first-order valence-corrected chi connectivity index (χ1v) is 3.95. The third-order valence-corrected chi connectivity index (χ3v) is 2.09. The highest BCUT2D eigenvalue weighted by Crippen LogP contribution is 2.29. The zero-order chi connectivity index (χ0) is 9.78. The third kappa shape index (κ3) is 2.79. The van der Waals surface area contributed by atoms with E-state index in [1.54, 1.807) is 20.8 Å². The molecule has 0 aromatic carbocycles. The first-order chi connectivity index (χ1) is 5.45. The second-order valence-electron chi connectivity index (χ2n) is 3.56. The van der Waals surface area contributed by atoms with Gasteiger partial charge in [-0.25, -0.2) is 4.89 Å². The Morgan fingerprint density at radius 1 is 1.58 bits per heavy atom. The maximum absolute atomic E-state index is 10.7. The molecule has 0 saturated carbocycles. The molecule has 1 unspecified atom stereocenters. The summed E-state index contributed by atoms with van der Waals surface area (Å²) in [6.45, 7) is 5.35. The smallest absolute Gasteiger partial charge is 0.307 e. The van der Waals surface area contributed by atoms with Crippen LogP contribution in [0.15, 0.2) is 0 Å². The highest BCUT2D eigenvalue weighted by atomic mass is 17.1. The van der Waals surface area contributed by atoms with Gasteiger partial charge in [0.25, 0.3) is 0 Å². The van der Waals surface area contributed by atoms with Gasteiger partial charge in [0.1, 0.15) is 0 Å². The molecule has 0 fully saturated rings. The molecule has 0 aromatic heterocycles. The fourth-order valence-electron chi connectivity index (χ4n) is 1.33. The van der Waals surface area contributed by atoms with Crippen molar-refractivity contribution in [3.63, 3.8) is 0 Å². The van der Waals surface area contributed by atoms with Crippen molar-refractivity contribution in [3.05, 3.63) is 0 Å². The van der Waals surface area contributed by atoms with Gasteiger partial charge >= 0.3 is 5.97 Å². The Morgan fingerprint density at radius 3 is 2.33 bits per heavy atom. The van der Waals surface area contributed by atoms with Gasteiger partial charge < -0.3 is 5.11 Å². The number of hydrogen-bond acceptors (Lipinski definition) is 3. The van der Waals surface area contributed by atoms with Crippen LogP contribution in [0.4, 0.5) is 0 Å². The predicted molar refractivity (Wildman–Crippen MR) is 43.8 cm³/mol. The Hall–Kier alpha value is -0.610. The van der Waals surface area contributed by atoms with Crippen LogP contribution in [0.25, 0.3) is 0 Å². The molecule has 0 bridgehead atoms. The molecule has 0 aliphatic carbocycles. The summed E-state index contributed by atoms with van der Waals surface area (Å²) < 4.78 is 0. The molecule has 4 heteroatoms. The van der Waals surface area contributed by atoms with E-state index < -0.39 is 17.3 Å². The molecular weight excluding hydrogens is 160 g/mol. The number of rotatable bonds is 5. The molecular formula is C8H16O4. The fraction of sp³-hybridized carbons (Fsp3) is 0.875. The Labute approximate surface area is 72.1 Å². The van der Waals surface area contributed by atoms with Crippen LogP contribution in [0, 0.1) is 11.3 Å². The van der Waals surface area contributed by atoms with Gasteiger partial charge in [0.15, 0.2) is 0 Å². The van der Waals surface area contributed by atoms with Crippen LogP contribution in [-0.2, 0) is 9.68 Å². The zero-order valence-electron chi connectivity index (χ0n) is 7.70. The molecule has 2 N–H and O–H groups in total. The minimum absolute atomic E-state index is 0.0395. The normalized spacial score (nSPS) is 14.3. The van der Waals surface area contributed by atoms with E-state index in [2.05, 4.69) is 4.89 Å². The number of aliphatic carboxylic acids is 1. The first-order valence-electron chi connectivity index (χ1n) is 3.95. The molecule has 0 heterocycles. The number of carboxylic acids is 1. The van der Waals surface area contributed by atoms with Gasteiger partial charge in [0, 0.05) is 5.41 Å². The van der Waals surface area contributed by atoms with E-state index in [9.17, 15) is 4.79 Å². The van der Waals surface area contributed by atoms with Gasteiger partial charge in [-0.2, -0.15) is 0 Å². The lowest BCUT2D eigenvalue weighted by Gasteiger charge is -2.28. The van der Waals surface area contributed by atoms with Crippen molar-refractivity contribution in [1.29, 1.82) is 0 Å². The summed E-state index contributed by atoms with van der Waals surface area (Å²) in [5.74, 6) is -1.33. The lowest BCUT2D eigenvalue weighted by atomic mass is 9.78. The quantitative estimate of drug-likeness (QED) is 0.493. The fourth-order valence-corrected chi connectivity index (χ4v) is 1.33. The summed E-state index contributed by atoms with van der Waals surface area (Å²) in [6, 6.07) is 0. The average Bonchev–Trinajstić information content (AvgIpc) is 1.86. The molecule has 0 spiro atoms. The van der Waals surface area contributed by atoms with Crippen molar-refractivity contribution >= 4 is 5.97 Å². The topological polar surface area (TPSA) is 66.8 Å². The maximum Gasteiger partial charge on any atom is 0.307 e. The highest BCUT2D eigenvalue weighted by molar-refractivity contribution is 5.70. The lowest BCUT2D eigenvalue weighted by molar-refractivity contribution is -0.264. The van der Waals surface area contributed by atoms with Crippen molar-refractivity contribution in [3.8, 4) is 0 Å². The minimum atomic E-state index is -0.848. The first kappa shape index (κ1) is 11.4. The summed E-state index contributed by atoms with van der Waals surface area (Å²) in [5, 5.41) is 17.0. The third-order valence-electron chi connectivity index (χ3n) is 2.09. The van der Waals surface area contributed by atoms with Crippen LogP contribution in [-0.4, -0.2) is 22.9 Å². The monoisotopic (exact) mass is 176 g/mol. The summed E-state index contributed by atoms with van der Waals surface area (Å²) in [4.78, 5) is 14.7. The molecule has 1 atom stereocenters. The van der Waals surface area contributed by atoms with Crippen molar-refractivity contribution in [1.82, 2.24) is 0 Å². The van der Waals surface area contributed by atoms with Crippen molar-refractivity contribution in [2.24, 2.45) is 11.3 Å². The van der Waals surface area contributed by atoms with Crippen LogP contribution in [0.1, 0.15) is 27.2 Å². The Kier molecular flexibility index (Phi) is 4.20. The van der Waals surface area contributed by atoms with Crippen LogP contribution in [0.3, 0.4) is 0 Å². The van der Waals surface area contributed by atoms with E-state index in [4.69, 9.17) is 10.4 Å². The molecule has 0 saturated heterocycles. The summed E-state index contributed by atoms with van der Waals surface area (Å²) in [6.07, 6.45) is 0.533. The van der Waals surface area contributed by atoms with Crippen LogP contribution >= 0.6 is 0 Å². The zero-order valence-corrected chi connectivity index (χ0v) is 7.70. The van der Waals surface area contributed by atoms with Gasteiger partial charge in [-0.15, -0.1) is 0 Å². The summed E-state index contributed by atoms with van der Waals surface area (Å²) in [5.41, 5.74) is -0.532. The highest BCUT2D eigenvalue weighted by Gasteiger charge is 2.34. The van der Waals surface area contributed by atoms with Gasteiger partial charge in [-0.1, -0.05) is 20.8 Å². The standard InChI is InChI=1S/C8H16O4/c1-4-6(7(9)10)8(2,3)5-12-11/h6,11H,4-5H2,1-3H3,(H,9,10). The van der Waals surface area contributed by atoms with Crippen molar-refractivity contribution in [2.45, 2.75) is 27.2 Å². The van der Waals surface area contributed by atoms with Crippen molar-refractivity contribution < 1.29 is 20.0 Å². The second-order valence-corrected chi connectivity index (χ2v) is 3.56. The van der Waals surface area contributed by atoms with E-state index in [-0.39, 0.29) is 6.61 Å². The largest absolute Gasteiger partial charge is 0.481 e. The lowest BCUT2D eigenvalue weighted by Crippen LogP contribution is -2.34. The molecule has 0 rings (SSSR count). The number of carbonyl (C=O) groups is 1. The van der Waals surface area contributed by atoms with E-state index in [1.807, 2.05) is 0 Å². The van der Waals surface area contributed by atoms with E-state index in [1.165, 1.54) is 0 Å². The Balaban J connectivity index is 4.36. The van der Waals surface area contributed by atoms with Gasteiger partial charge in [0.2, 0.25) is 0 Å². The van der Waals surface area contributed by atoms with Gasteiger partial charge in [-0.05, 0) is 6.42 Å². The molecule has 0 aliphatic rings. The number of hydrogen-bond donors (Lipinski definition) is 2. The van der Waals surface area contributed by atoms with E-state index in [0.717, 1.165) is 0 Å². The Morgan fingerprint density at radius 2 is 2.08 bits per heavy atom. The van der Waals surface area contributed by atoms with Crippen LogP contribution < -0.4 is 0 Å². The summed E-state index contributed by atoms with van der Waals surface area (Å²) in [7, 11) is 0. The van der Waals surface area contributed by atoms with Gasteiger partial charge in [0.05, 0.1) is 12.5 Å². The van der Waals surface area contributed by atoms with Crippen LogP contribution in [0.2, 0.25) is 0 Å². The molecule has 0 aromatic rings. The predicted octanol–water partition coefficient (Wildman–Crippen LogP) is 1.61. The van der Waals surface area contributed by atoms with E-state index >= 15 is 0 Å². The molecule has 12 heavy (non-hydrogen) atoms. The molecule has 4 nitrogen and oxygen atoms in total. The summed E-state index contributed by atoms with van der Waals surface area (Å²) >= 11 is 0.